The molecule has 43 heavy (non-hydrogen) atoms. The first-order valence-electron chi connectivity index (χ1n) is 13.6. The van der Waals surface area contributed by atoms with Gasteiger partial charge in [-0.2, -0.15) is 13.2 Å². The molecule has 17 heteroatoms. The summed E-state index contributed by atoms with van der Waals surface area (Å²) in [7, 11) is 0. The molecule has 5 amide bonds. The van der Waals surface area contributed by atoms with E-state index in [0.717, 1.165) is 0 Å². The number of halogens is 5. The minimum atomic E-state index is -4.88. The lowest BCUT2D eigenvalue weighted by Crippen LogP contribution is -2.61. The molecule has 0 aromatic carbocycles. The standard InChI is InChI=1S/C26H33ClF4N6O6/c1-24(2,3)17(33-20(39)13-8-14(43-35-13)26(29,30)31)22(41)36-10-12-15(25(12,4)5)16(36)21(40)34-37(23(42)18(27)28)9-11-6-7-32-19(11)38/h8,11-12,15-18H,6-7,9-10H2,1-5H3,(H,32,38)(H,33,39)(H,34,40)/t11-,12-,15-,16-,17+,18-/m0/s1. The monoisotopic (exact) mass is 636 g/mol. The highest BCUT2D eigenvalue weighted by molar-refractivity contribution is 6.29. The Morgan fingerprint density at radius 1 is 1.26 bits per heavy atom. The number of nitrogens with one attached hydrogen (secondary N) is 3. The van der Waals surface area contributed by atoms with Gasteiger partial charge in [-0.3, -0.25) is 29.4 Å². The van der Waals surface area contributed by atoms with Gasteiger partial charge < -0.3 is 20.1 Å². The minimum absolute atomic E-state index is 0.111. The number of hydrazine groups is 1. The average molecular weight is 637 g/mol. The number of nitrogens with zero attached hydrogens (tertiary/aromatic N) is 3. The molecule has 0 radical (unpaired) electrons. The molecule has 238 valence electrons. The Balaban J connectivity index is 1.57. The van der Waals surface area contributed by atoms with Crippen LogP contribution in [0.3, 0.4) is 0 Å². The van der Waals surface area contributed by atoms with Crippen LogP contribution in [-0.2, 0) is 25.4 Å². The topological polar surface area (TPSA) is 154 Å². The van der Waals surface area contributed by atoms with Gasteiger partial charge in [-0.05, 0) is 29.1 Å². The van der Waals surface area contributed by atoms with E-state index in [4.69, 9.17) is 11.6 Å². The number of rotatable bonds is 7. The molecule has 3 aliphatic rings. The summed E-state index contributed by atoms with van der Waals surface area (Å²) in [6.45, 7) is 8.75. The van der Waals surface area contributed by atoms with Crippen LogP contribution < -0.4 is 16.1 Å². The lowest BCUT2D eigenvalue weighted by molar-refractivity contribution is -0.155. The van der Waals surface area contributed by atoms with Gasteiger partial charge in [0.1, 0.15) is 12.1 Å². The fourth-order valence-corrected chi connectivity index (χ4v) is 6.01. The second-order valence-electron chi connectivity index (χ2n) is 12.7. The Morgan fingerprint density at radius 2 is 1.91 bits per heavy atom. The number of likely N-dealkylation sites (tertiary alicyclic amines) is 1. The molecule has 1 saturated carbocycles. The fourth-order valence-electron chi connectivity index (χ4n) is 5.90. The van der Waals surface area contributed by atoms with Crippen LogP contribution in [0, 0.1) is 28.6 Å². The van der Waals surface area contributed by atoms with Crippen molar-refractivity contribution in [3.8, 4) is 0 Å². The maximum atomic E-state index is 14.0. The molecule has 0 spiro atoms. The predicted octanol–water partition coefficient (Wildman–Crippen LogP) is 1.85. The second-order valence-corrected chi connectivity index (χ2v) is 13.1. The van der Waals surface area contributed by atoms with Crippen molar-refractivity contribution in [2.24, 2.45) is 28.6 Å². The van der Waals surface area contributed by atoms with Crippen LogP contribution in [-0.4, -0.2) is 82.0 Å². The van der Waals surface area contributed by atoms with Crippen molar-refractivity contribution in [2.45, 2.75) is 64.9 Å². The van der Waals surface area contributed by atoms with E-state index in [0.29, 0.717) is 24.0 Å². The molecular formula is C26H33ClF4N6O6. The Bertz CT molecular complexity index is 1310. The maximum absolute atomic E-state index is 14.0. The number of carbonyl (C=O) groups excluding carboxylic acids is 5. The van der Waals surface area contributed by atoms with Gasteiger partial charge in [0.25, 0.3) is 23.4 Å². The van der Waals surface area contributed by atoms with Crippen molar-refractivity contribution in [3.05, 3.63) is 17.5 Å². The molecule has 4 rings (SSSR count). The van der Waals surface area contributed by atoms with Crippen molar-refractivity contribution in [1.29, 1.82) is 0 Å². The van der Waals surface area contributed by atoms with Crippen molar-refractivity contribution >= 4 is 41.1 Å². The Hall–Kier alpha value is -3.43. The highest BCUT2D eigenvalue weighted by Gasteiger charge is 2.70. The predicted molar refractivity (Wildman–Crippen MR) is 140 cm³/mol. The van der Waals surface area contributed by atoms with Crippen LogP contribution in [0.2, 0.25) is 0 Å². The zero-order valence-corrected chi connectivity index (χ0v) is 24.8. The molecule has 1 aromatic heterocycles. The van der Waals surface area contributed by atoms with Gasteiger partial charge in [-0.1, -0.05) is 51.4 Å². The number of fused-ring (bicyclic) bond motifs is 1. The van der Waals surface area contributed by atoms with Gasteiger partial charge in [0.05, 0.1) is 12.5 Å². The number of aromatic nitrogens is 1. The van der Waals surface area contributed by atoms with E-state index in [-0.39, 0.29) is 36.2 Å². The highest BCUT2D eigenvalue weighted by Crippen LogP contribution is 2.65. The molecular weight excluding hydrogens is 604 g/mol. The molecule has 2 saturated heterocycles. The zero-order chi connectivity index (χ0) is 32.2. The zero-order valence-electron chi connectivity index (χ0n) is 24.1. The quantitative estimate of drug-likeness (QED) is 0.235. The molecule has 1 aromatic rings. The van der Waals surface area contributed by atoms with E-state index in [1.54, 1.807) is 20.8 Å². The van der Waals surface area contributed by atoms with Crippen LogP contribution >= 0.6 is 11.6 Å². The van der Waals surface area contributed by atoms with Crippen LogP contribution in [0.25, 0.3) is 0 Å². The van der Waals surface area contributed by atoms with Crippen molar-refractivity contribution < 1.29 is 46.1 Å². The largest absolute Gasteiger partial charge is 0.452 e. The number of amides is 5. The fraction of sp³-hybridized carbons (Fsp3) is 0.692. The van der Waals surface area contributed by atoms with E-state index in [2.05, 4.69) is 25.7 Å². The van der Waals surface area contributed by atoms with Gasteiger partial charge in [-0.25, -0.2) is 9.40 Å². The van der Waals surface area contributed by atoms with E-state index in [1.807, 2.05) is 13.8 Å². The summed E-state index contributed by atoms with van der Waals surface area (Å²) in [6, 6.07) is -2.06. The molecule has 0 unspecified atom stereocenters. The van der Waals surface area contributed by atoms with Crippen molar-refractivity contribution in [1.82, 2.24) is 31.1 Å². The average Bonchev–Trinajstić information content (AvgIpc) is 3.44. The lowest BCUT2D eigenvalue weighted by Gasteiger charge is -2.38. The molecule has 3 heterocycles. The molecule has 0 bridgehead atoms. The summed E-state index contributed by atoms with van der Waals surface area (Å²) < 4.78 is 56.9. The number of carbonyl (C=O) groups is 5. The van der Waals surface area contributed by atoms with Crippen LogP contribution in [0.15, 0.2) is 10.6 Å². The summed E-state index contributed by atoms with van der Waals surface area (Å²) in [5.41, 5.74) is -2.20. The second kappa shape index (κ2) is 11.2. The van der Waals surface area contributed by atoms with Crippen LogP contribution in [0.5, 0.6) is 0 Å². The summed E-state index contributed by atoms with van der Waals surface area (Å²) in [4.78, 5) is 66.4. The first kappa shape index (κ1) is 32.5. The normalized spacial score (nSPS) is 25.8. The molecule has 12 nitrogen and oxygen atoms in total. The van der Waals surface area contributed by atoms with E-state index in [1.165, 1.54) is 4.90 Å². The van der Waals surface area contributed by atoms with E-state index < -0.39 is 70.3 Å². The summed E-state index contributed by atoms with van der Waals surface area (Å²) >= 11 is 5.38. The van der Waals surface area contributed by atoms with Gasteiger partial charge in [0.15, 0.2) is 5.69 Å². The highest BCUT2D eigenvalue weighted by atomic mass is 35.5. The Morgan fingerprint density at radius 3 is 2.42 bits per heavy atom. The third-order valence-corrected chi connectivity index (χ3v) is 8.62. The first-order valence-corrected chi connectivity index (χ1v) is 14.0. The molecule has 2 aliphatic heterocycles. The summed E-state index contributed by atoms with van der Waals surface area (Å²) in [5.74, 6) is -6.97. The Kier molecular flexibility index (Phi) is 8.50. The van der Waals surface area contributed by atoms with E-state index in [9.17, 15) is 41.5 Å². The summed E-state index contributed by atoms with van der Waals surface area (Å²) in [5, 5.41) is 8.82. The van der Waals surface area contributed by atoms with Gasteiger partial charge in [-0.15, -0.1) is 0 Å². The molecule has 6 atom stereocenters. The van der Waals surface area contributed by atoms with Crippen molar-refractivity contribution in [2.75, 3.05) is 19.6 Å². The van der Waals surface area contributed by atoms with Gasteiger partial charge in [0.2, 0.25) is 17.6 Å². The molecule has 3 fully saturated rings. The number of hydrogen-bond acceptors (Lipinski definition) is 7. The summed E-state index contributed by atoms with van der Waals surface area (Å²) in [6.07, 6.45) is -4.54. The molecule has 3 N–H and O–H groups in total. The maximum Gasteiger partial charge on any atom is 0.452 e. The Labute approximate surface area is 249 Å². The van der Waals surface area contributed by atoms with Gasteiger partial charge in [0, 0.05) is 19.2 Å². The SMILES string of the molecule is CC(C)(C)[C@H](NC(=O)c1cc(C(F)(F)F)on1)C(=O)N1C[C@H]2[C@@H]([C@H]1C(=O)NN(C[C@@H]1CCNC1=O)C(=O)[C@H](F)Cl)C2(C)C. The third kappa shape index (κ3) is 6.43. The first-order chi connectivity index (χ1) is 19.7. The number of piperidine rings is 1. The minimum Gasteiger partial charge on any atom is -0.356 e. The van der Waals surface area contributed by atoms with Crippen molar-refractivity contribution in [3.63, 3.8) is 0 Å². The van der Waals surface area contributed by atoms with Gasteiger partial charge >= 0.3 is 6.18 Å². The number of hydrogen-bond donors (Lipinski definition) is 3. The van der Waals surface area contributed by atoms with Crippen LogP contribution in [0.4, 0.5) is 17.6 Å². The third-order valence-electron chi connectivity index (χ3n) is 8.43. The smallest absolute Gasteiger partial charge is 0.356 e. The molecule has 1 aliphatic carbocycles. The number of alkyl halides is 5. The lowest BCUT2D eigenvalue weighted by atomic mass is 9.85. The van der Waals surface area contributed by atoms with E-state index >= 15 is 0 Å². The van der Waals surface area contributed by atoms with Crippen LogP contribution in [0.1, 0.15) is 57.3 Å².